The molecule has 1 amide bonds. The van der Waals surface area contributed by atoms with Crippen LogP contribution in [-0.4, -0.2) is 24.5 Å². The van der Waals surface area contributed by atoms with E-state index in [0.29, 0.717) is 22.7 Å². The Hall–Kier alpha value is -2.01. The summed E-state index contributed by atoms with van der Waals surface area (Å²) in [6, 6.07) is 5.28. The Morgan fingerprint density at radius 3 is 2.77 bits per heavy atom. The van der Waals surface area contributed by atoms with Crippen LogP contribution in [0.1, 0.15) is 36.4 Å². The molecule has 0 aliphatic rings. The van der Waals surface area contributed by atoms with E-state index in [1.807, 2.05) is 13.0 Å². The number of fused-ring (bicyclic) bond motifs is 1. The van der Waals surface area contributed by atoms with Gasteiger partial charge in [0.2, 0.25) is 5.76 Å². The number of carbonyl (C=O) groups excluding carboxylic acids is 2. The Morgan fingerprint density at radius 1 is 1.41 bits per heavy atom. The number of hydrogen-bond acceptors (Lipinski definition) is 4. The number of aryl methyl sites for hydroxylation is 1. The van der Waals surface area contributed by atoms with Crippen LogP contribution in [0.25, 0.3) is 11.0 Å². The number of furan rings is 1. The average molecular weight is 324 g/mol. The molecule has 0 spiro atoms. The molecule has 1 aromatic heterocycles. The number of hydrogen-bond donors (Lipinski definition) is 1. The Kier molecular flexibility index (Phi) is 5.08. The predicted molar refractivity (Wildman–Crippen MR) is 84.1 cm³/mol. The van der Waals surface area contributed by atoms with E-state index >= 15 is 0 Å². The van der Waals surface area contributed by atoms with Crippen molar-refractivity contribution in [1.29, 1.82) is 0 Å². The second-order valence-electron chi connectivity index (χ2n) is 5.01. The van der Waals surface area contributed by atoms with Crippen molar-refractivity contribution in [3.8, 4) is 0 Å². The normalized spacial score (nSPS) is 12.2. The largest absolute Gasteiger partial charge is 0.447 e. The molecule has 0 saturated carbocycles. The van der Waals surface area contributed by atoms with E-state index in [0.717, 1.165) is 11.8 Å². The van der Waals surface area contributed by atoms with Crippen LogP contribution >= 0.6 is 11.6 Å². The van der Waals surface area contributed by atoms with E-state index in [4.69, 9.17) is 20.8 Å². The molecule has 1 heterocycles. The average Bonchev–Trinajstić information content (AvgIpc) is 2.83. The monoisotopic (exact) mass is 323 g/mol. The molecule has 1 unspecified atom stereocenters. The van der Waals surface area contributed by atoms with Crippen molar-refractivity contribution >= 4 is 34.4 Å². The first-order valence-corrected chi connectivity index (χ1v) is 7.49. The van der Waals surface area contributed by atoms with E-state index in [9.17, 15) is 9.59 Å². The maximum Gasteiger partial charge on any atom is 0.375 e. The molecule has 118 valence electrons. The molecule has 1 atom stereocenters. The number of amides is 1. The van der Waals surface area contributed by atoms with Crippen LogP contribution in [0.4, 0.5) is 0 Å². The lowest BCUT2D eigenvalue weighted by Crippen LogP contribution is -2.36. The molecular weight excluding hydrogens is 306 g/mol. The summed E-state index contributed by atoms with van der Waals surface area (Å²) in [5.74, 6) is -0.941. The third kappa shape index (κ3) is 3.25. The van der Waals surface area contributed by atoms with E-state index in [2.05, 4.69) is 5.32 Å². The van der Waals surface area contributed by atoms with Crippen LogP contribution in [-0.2, 0) is 9.53 Å². The van der Waals surface area contributed by atoms with Crippen LogP contribution in [0.5, 0.6) is 0 Å². The quantitative estimate of drug-likeness (QED) is 0.855. The zero-order valence-electron chi connectivity index (χ0n) is 12.7. The minimum atomic E-state index is -0.887. The molecular formula is C16H18ClNO4. The lowest BCUT2D eigenvalue weighted by Gasteiger charge is -2.12. The van der Waals surface area contributed by atoms with Crippen molar-refractivity contribution in [2.45, 2.75) is 33.3 Å². The number of esters is 1. The fourth-order valence-electron chi connectivity index (χ4n) is 2.06. The maximum absolute atomic E-state index is 12.2. The topological polar surface area (TPSA) is 68.5 Å². The SMILES string of the molecule is CCCNC(=O)C(C)OC(=O)c1oc2c(Cl)cccc2c1C. The number of rotatable bonds is 5. The maximum atomic E-state index is 12.2. The highest BCUT2D eigenvalue weighted by Crippen LogP contribution is 2.31. The van der Waals surface area contributed by atoms with Gasteiger partial charge in [-0.05, 0) is 26.3 Å². The van der Waals surface area contributed by atoms with Crippen molar-refractivity contribution in [1.82, 2.24) is 5.32 Å². The standard InChI is InChI=1S/C16H18ClNO4/c1-4-8-18-15(19)10(3)21-16(20)13-9(2)11-6-5-7-12(17)14(11)22-13/h5-7,10H,4,8H2,1-3H3,(H,18,19). The first-order chi connectivity index (χ1) is 10.5. The smallest absolute Gasteiger partial charge is 0.375 e. The van der Waals surface area contributed by atoms with Gasteiger partial charge in [-0.1, -0.05) is 30.7 Å². The van der Waals surface area contributed by atoms with Crippen LogP contribution < -0.4 is 5.32 Å². The number of para-hydroxylation sites is 1. The number of benzene rings is 1. The highest BCUT2D eigenvalue weighted by Gasteiger charge is 2.24. The van der Waals surface area contributed by atoms with Crippen LogP contribution in [0, 0.1) is 6.92 Å². The summed E-state index contributed by atoms with van der Waals surface area (Å²) in [5.41, 5.74) is 1.08. The highest BCUT2D eigenvalue weighted by molar-refractivity contribution is 6.35. The molecule has 0 saturated heterocycles. The first kappa shape index (κ1) is 16.4. The number of carbonyl (C=O) groups is 2. The third-order valence-corrected chi connectivity index (χ3v) is 3.60. The van der Waals surface area contributed by atoms with Gasteiger partial charge >= 0.3 is 5.97 Å². The van der Waals surface area contributed by atoms with Crippen molar-refractivity contribution < 1.29 is 18.7 Å². The summed E-state index contributed by atoms with van der Waals surface area (Å²) < 4.78 is 10.7. The van der Waals surface area contributed by atoms with Gasteiger partial charge in [0.1, 0.15) is 0 Å². The van der Waals surface area contributed by atoms with Gasteiger partial charge in [0.05, 0.1) is 5.02 Å². The van der Waals surface area contributed by atoms with E-state index in [1.165, 1.54) is 6.92 Å². The van der Waals surface area contributed by atoms with Crippen molar-refractivity contribution in [2.75, 3.05) is 6.54 Å². The molecule has 22 heavy (non-hydrogen) atoms. The van der Waals surface area contributed by atoms with Crippen LogP contribution in [0.2, 0.25) is 5.02 Å². The minimum Gasteiger partial charge on any atom is -0.447 e. The molecule has 0 radical (unpaired) electrons. The summed E-state index contributed by atoms with van der Waals surface area (Å²) >= 11 is 6.05. The van der Waals surface area contributed by atoms with E-state index in [1.54, 1.807) is 19.1 Å². The fourth-order valence-corrected chi connectivity index (χ4v) is 2.28. The number of nitrogens with one attached hydrogen (secondary N) is 1. The lowest BCUT2D eigenvalue weighted by molar-refractivity contribution is -0.129. The lowest BCUT2D eigenvalue weighted by atomic mass is 10.1. The minimum absolute atomic E-state index is 0.0678. The molecule has 1 N–H and O–H groups in total. The van der Waals surface area contributed by atoms with Crippen molar-refractivity contribution in [3.63, 3.8) is 0 Å². The molecule has 1 aromatic carbocycles. The van der Waals surface area contributed by atoms with Gasteiger partial charge in [-0.25, -0.2) is 4.79 Å². The van der Waals surface area contributed by atoms with Gasteiger partial charge in [0.25, 0.3) is 5.91 Å². The highest BCUT2D eigenvalue weighted by atomic mass is 35.5. The first-order valence-electron chi connectivity index (χ1n) is 7.12. The Bertz CT molecular complexity index is 707. The zero-order chi connectivity index (χ0) is 16.3. The molecule has 2 aromatic rings. The molecule has 5 nitrogen and oxygen atoms in total. The summed E-state index contributed by atoms with van der Waals surface area (Å²) in [5, 5.41) is 3.85. The van der Waals surface area contributed by atoms with Gasteiger partial charge in [0.15, 0.2) is 11.7 Å². The predicted octanol–water partition coefficient (Wildman–Crippen LogP) is 3.47. The Morgan fingerprint density at radius 2 is 2.14 bits per heavy atom. The number of ether oxygens (including phenoxy) is 1. The summed E-state index contributed by atoms with van der Waals surface area (Å²) in [4.78, 5) is 23.9. The molecule has 0 fully saturated rings. The molecule has 0 aliphatic heterocycles. The fraction of sp³-hybridized carbons (Fsp3) is 0.375. The van der Waals surface area contributed by atoms with Crippen molar-refractivity contribution in [2.24, 2.45) is 0 Å². The Labute approximate surface area is 133 Å². The summed E-state index contributed by atoms with van der Waals surface area (Å²) in [6.45, 7) is 5.76. The van der Waals surface area contributed by atoms with Crippen LogP contribution in [0.3, 0.4) is 0 Å². The van der Waals surface area contributed by atoms with Crippen LogP contribution in [0.15, 0.2) is 22.6 Å². The van der Waals surface area contributed by atoms with Gasteiger partial charge < -0.3 is 14.5 Å². The Balaban J connectivity index is 2.18. The van der Waals surface area contributed by atoms with Gasteiger partial charge in [-0.2, -0.15) is 0 Å². The number of halogens is 1. The van der Waals surface area contributed by atoms with Crippen molar-refractivity contribution in [3.05, 3.63) is 34.5 Å². The molecule has 0 bridgehead atoms. The van der Waals surface area contributed by atoms with Gasteiger partial charge in [-0.15, -0.1) is 0 Å². The molecule has 0 aliphatic carbocycles. The second kappa shape index (κ2) is 6.83. The summed E-state index contributed by atoms with van der Waals surface area (Å²) in [6.07, 6.45) is -0.0738. The summed E-state index contributed by atoms with van der Waals surface area (Å²) in [7, 11) is 0. The van der Waals surface area contributed by atoms with E-state index in [-0.39, 0.29) is 11.7 Å². The zero-order valence-corrected chi connectivity index (χ0v) is 13.5. The third-order valence-electron chi connectivity index (χ3n) is 3.30. The second-order valence-corrected chi connectivity index (χ2v) is 5.42. The molecule has 2 rings (SSSR count). The van der Waals surface area contributed by atoms with Gasteiger partial charge in [-0.3, -0.25) is 4.79 Å². The van der Waals surface area contributed by atoms with Gasteiger partial charge in [0, 0.05) is 17.5 Å². The van der Waals surface area contributed by atoms with E-state index < -0.39 is 12.1 Å². The molecule has 6 heteroatoms.